The van der Waals surface area contributed by atoms with Crippen molar-refractivity contribution in [2.45, 2.75) is 39.8 Å². The Hall–Kier alpha value is -2.30. The average molecular weight is 288 g/mol. The number of aryl methyl sites for hydroxylation is 1. The Morgan fingerprint density at radius 3 is 2.81 bits per heavy atom. The van der Waals surface area contributed by atoms with Gasteiger partial charge in [-0.2, -0.15) is 5.10 Å². The Labute approximate surface area is 124 Å². The molecule has 5 nitrogen and oxygen atoms in total. The van der Waals surface area contributed by atoms with Crippen LogP contribution in [-0.2, 0) is 6.61 Å². The van der Waals surface area contributed by atoms with Crippen molar-refractivity contribution in [3.63, 3.8) is 0 Å². The normalized spacial score (nSPS) is 12.1. The van der Waals surface area contributed by atoms with Gasteiger partial charge in [-0.3, -0.25) is 4.68 Å². The minimum Gasteiger partial charge on any atom is -0.487 e. The Morgan fingerprint density at radius 1 is 1.43 bits per heavy atom. The van der Waals surface area contributed by atoms with Gasteiger partial charge in [-0.25, -0.2) is 4.79 Å². The summed E-state index contributed by atoms with van der Waals surface area (Å²) in [5, 5.41) is 13.5. The van der Waals surface area contributed by atoms with Crippen molar-refractivity contribution in [1.82, 2.24) is 9.78 Å². The molecule has 0 spiro atoms. The first-order valence-electron chi connectivity index (χ1n) is 7.02. The van der Waals surface area contributed by atoms with Crippen LogP contribution in [0, 0.1) is 6.92 Å². The van der Waals surface area contributed by atoms with Gasteiger partial charge in [-0.15, -0.1) is 0 Å². The minimum atomic E-state index is -0.925. The molecule has 112 valence electrons. The summed E-state index contributed by atoms with van der Waals surface area (Å²) in [5.74, 6) is -0.276. The van der Waals surface area contributed by atoms with Crippen LogP contribution in [0.1, 0.15) is 47.9 Å². The lowest BCUT2D eigenvalue weighted by atomic mass is 10.1. The van der Waals surface area contributed by atoms with Crippen LogP contribution < -0.4 is 4.74 Å². The van der Waals surface area contributed by atoms with Gasteiger partial charge in [-0.1, -0.05) is 6.92 Å². The van der Waals surface area contributed by atoms with Crippen LogP contribution in [0.4, 0.5) is 0 Å². The van der Waals surface area contributed by atoms with E-state index in [2.05, 4.69) is 18.9 Å². The molecule has 0 saturated carbocycles. The molecule has 0 aliphatic carbocycles. The van der Waals surface area contributed by atoms with E-state index in [1.807, 2.05) is 16.9 Å². The van der Waals surface area contributed by atoms with E-state index in [1.54, 1.807) is 25.1 Å². The van der Waals surface area contributed by atoms with Crippen LogP contribution in [0.2, 0.25) is 0 Å². The second-order valence-corrected chi connectivity index (χ2v) is 5.11. The molecule has 0 radical (unpaired) electrons. The molecule has 0 fully saturated rings. The number of aromatic carboxylic acids is 1. The van der Waals surface area contributed by atoms with Gasteiger partial charge in [0.2, 0.25) is 0 Å². The molecule has 1 N–H and O–H groups in total. The van der Waals surface area contributed by atoms with Crippen LogP contribution >= 0.6 is 0 Å². The number of hydrogen-bond acceptors (Lipinski definition) is 3. The molecule has 2 aromatic rings. The van der Waals surface area contributed by atoms with Gasteiger partial charge in [0.1, 0.15) is 12.4 Å². The van der Waals surface area contributed by atoms with Crippen molar-refractivity contribution >= 4 is 5.97 Å². The van der Waals surface area contributed by atoms with Crippen LogP contribution in [0.5, 0.6) is 5.75 Å². The predicted molar refractivity (Wildman–Crippen MR) is 79.7 cm³/mol. The van der Waals surface area contributed by atoms with E-state index in [-0.39, 0.29) is 0 Å². The number of hydrogen-bond donors (Lipinski definition) is 1. The lowest BCUT2D eigenvalue weighted by Crippen LogP contribution is -2.06. The van der Waals surface area contributed by atoms with Crippen LogP contribution in [0.15, 0.2) is 30.5 Å². The topological polar surface area (TPSA) is 64.3 Å². The predicted octanol–water partition coefficient (Wildman–Crippen LogP) is 3.44. The first-order chi connectivity index (χ1) is 10.0. The minimum absolute atomic E-state index is 0.295. The summed E-state index contributed by atoms with van der Waals surface area (Å²) in [5.41, 5.74) is 1.84. The summed E-state index contributed by atoms with van der Waals surface area (Å²) in [6.07, 6.45) is 2.98. The van der Waals surface area contributed by atoms with Gasteiger partial charge in [0.15, 0.2) is 0 Å². The summed E-state index contributed by atoms with van der Waals surface area (Å²) >= 11 is 0. The van der Waals surface area contributed by atoms with E-state index >= 15 is 0 Å². The maximum atomic E-state index is 11.0. The van der Waals surface area contributed by atoms with Crippen LogP contribution in [-0.4, -0.2) is 20.9 Å². The van der Waals surface area contributed by atoms with Gasteiger partial charge in [0.25, 0.3) is 0 Å². The van der Waals surface area contributed by atoms with Gasteiger partial charge in [0.05, 0.1) is 11.3 Å². The highest BCUT2D eigenvalue weighted by molar-refractivity contribution is 5.89. The standard InChI is InChI=1S/C16H20N2O3/c1-4-12(3)18-8-7-13(17-18)10-21-14-5-6-15(16(19)20)11(2)9-14/h5-9,12H,4,10H2,1-3H3,(H,19,20). The van der Waals surface area contributed by atoms with Crippen molar-refractivity contribution in [2.24, 2.45) is 0 Å². The molecule has 1 atom stereocenters. The molecular formula is C16H20N2O3. The Bertz CT molecular complexity index is 634. The van der Waals surface area contributed by atoms with E-state index in [1.165, 1.54) is 0 Å². The van der Waals surface area contributed by atoms with E-state index in [0.717, 1.165) is 12.1 Å². The SMILES string of the molecule is CCC(C)n1ccc(COc2ccc(C(=O)O)c(C)c2)n1. The molecule has 0 aliphatic rings. The number of aromatic nitrogens is 2. The summed E-state index contributed by atoms with van der Waals surface area (Å²) < 4.78 is 7.59. The Kier molecular flexibility index (Phi) is 4.62. The van der Waals surface area contributed by atoms with E-state index in [0.29, 0.717) is 29.5 Å². The second-order valence-electron chi connectivity index (χ2n) is 5.11. The zero-order valence-electron chi connectivity index (χ0n) is 12.5. The highest BCUT2D eigenvalue weighted by Gasteiger charge is 2.09. The number of carbonyl (C=O) groups is 1. The Morgan fingerprint density at radius 2 is 2.19 bits per heavy atom. The first-order valence-corrected chi connectivity index (χ1v) is 7.02. The van der Waals surface area contributed by atoms with E-state index < -0.39 is 5.97 Å². The molecule has 21 heavy (non-hydrogen) atoms. The first kappa shape index (κ1) is 15.1. The molecule has 1 aromatic carbocycles. The molecule has 2 rings (SSSR count). The lowest BCUT2D eigenvalue weighted by Gasteiger charge is -2.09. The van der Waals surface area contributed by atoms with Gasteiger partial charge in [-0.05, 0) is 50.1 Å². The fourth-order valence-electron chi connectivity index (χ4n) is 2.01. The molecule has 0 saturated heterocycles. The second kappa shape index (κ2) is 6.43. The average Bonchev–Trinajstić information content (AvgIpc) is 2.92. The third-order valence-corrected chi connectivity index (χ3v) is 3.52. The van der Waals surface area contributed by atoms with Gasteiger partial charge >= 0.3 is 5.97 Å². The molecule has 1 heterocycles. The monoisotopic (exact) mass is 288 g/mol. The third-order valence-electron chi connectivity index (χ3n) is 3.52. The smallest absolute Gasteiger partial charge is 0.335 e. The molecular weight excluding hydrogens is 268 g/mol. The molecule has 0 aliphatic heterocycles. The number of nitrogens with zero attached hydrogens (tertiary/aromatic N) is 2. The van der Waals surface area contributed by atoms with E-state index in [4.69, 9.17) is 9.84 Å². The number of rotatable bonds is 6. The largest absolute Gasteiger partial charge is 0.487 e. The molecule has 0 bridgehead atoms. The number of carboxylic acid groups (broad SMARTS) is 1. The van der Waals surface area contributed by atoms with Gasteiger partial charge in [0, 0.05) is 12.2 Å². The van der Waals surface area contributed by atoms with Crippen molar-refractivity contribution in [2.75, 3.05) is 0 Å². The van der Waals surface area contributed by atoms with Crippen LogP contribution in [0.25, 0.3) is 0 Å². The molecule has 1 unspecified atom stereocenters. The summed E-state index contributed by atoms with van der Waals surface area (Å²) in [6, 6.07) is 7.27. The lowest BCUT2D eigenvalue weighted by molar-refractivity contribution is 0.0696. The highest BCUT2D eigenvalue weighted by atomic mass is 16.5. The summed E-state index contributed by atoms with van der Waals surface area (Å²) in [7, 11) is 0. The summed E-state index contributed by atoms with van der Waals surface area (Å²) in [6.45, 7) is 6.37. The molecule has 0 amide bonds. The number of benzene rings is 1. The zero-order chi connectivity index (χ0) is 15.4. The van der Waals surface area contributed by atoms with Crippen LogP contribution in [0.3, 0.4) is 0 Å². The zero-order valence-corrected chi connectivity index (χ0v) is 12.5. The van der Waals surface area contributed by atoms with Crippen molar-refractivity contribution in [1.29, 1.82) is 0 Å². The molecule has 1 aromatic heterocycles. The summed E-state index contributed by atoms with van der Waals surface area (Å²) in [4.78, 5) is 11.0. The fourth-order valence-corrected chi connectivity index (χ4v) is 2.01. The van der Waals surface area contributed by atoms with Crippen molar-refractivity contribution < 1.29 is 14.6 Å². The third kappa shape index (κ3) is 3.62. The molecule has 5 heteroatoms. The Balaban J connectivity index is 2.01. The van der Waals surface area contributed by atoms with Crippen molar-refractivity contribution in [3.05, 3.63) is 47.3 Å². The maximum absolute atomic E-state index is 11.0. The van der Waals surface area contributed by atoms with Crippen molar-refractivity contribution in [3.8, 4) is 5.75 Å². The highest BCUT2D eigenvalue weighted by Crippen LogP contribution is 2.18. The fraction of sp³-hybridized carbons (Fsp3) is 0.375. The van der Waals surface area contributed by atoms with Gasteiger partial charge < -0.3 is 9.84 Å². The maximum Gasteiger partial charge on any atom is 0.335 e. The number of ether oxygens (including phenoxy) is 1. The quantitative estimate of drug-likeness (QED) is 0.884. The van der Waals surface area contributed by atoms with E-state index in [9.17, 15) is 4.79 Å². The number of carboxylic acids is 1.